The van der Waals surface area contributed by atoms with Gasteiger partial charge in [0, 0.05) is 12.4 Å². The van der Waals surface area contributed by atoms with Gasteiger partial charge in [-0.25, -0.2) is 0 Å². The molecule has 62 valence electrons. The Morgan fingerprint density at radius 3 is 3.08 bits per heavy atom. The SMILES string of the molecule is C=Cc1cnccc1CC(=O)O. The maximum atomic E-state index is 10.4. The molecule has 0 saturated heterocycles. The maximum absolute atomic E-state index is 10.4. The molecule has 1 aromatic heterocycles. The predicted molar refractivity (Wildman–Crippen MR) is 45.7 cm³/mol. The van der Waals surface area contributed by atoms with E-state index in [0.717, 1.165) is 11.1 Å². The fraction of sp³-hybridized carbons (Fsp3) is 0.111. The zero-order chi connectivity index (χ0) is 8.97. The van der Waals surface area contributed by atoms with Gasteiger partial charge in [0.1, 0.15) is 0 Å². The Bertz CT molecular complexity index is 307. The molecule has 0 aliphatic heterocycles. The van der Waals surface area contributed by atoms with Crippen LogP contribution in [-0.4, -0.2) is 16.1 Å². The predicted octanol–water partition coefficient (Wildman–Crippen LogP) is 1.35. The van der Waals surface area contributed by atoms with Crippen LogP contribution in [0.4, 0.5) is 0 Å². The van der Waals surface area contributed by atoms with Crippen molar-refractivity contribution in [2.45, 2.75) is 6.42 Å². The number of aliphatic carboxylic acids is 1. The molecule has 0 amide bonds. The van der Waals surface area contributed by atoms with Gasteiger partial charge in [0.15, 0.2) is 0 Å². The molecule has 1 aromatic rings. The van der Waals surface area contributed by atoms with Crippen molar-refractivity contribution in [3.63, 3.8) is 0 Å². The molecule has 3 heteroatoms. The van der Waals surface area contributed by atoms with Crippen LogP contribution in [-0.2, 0) is 11.2 Å². The van der Waals surface area contributed by atoms with Gasteiger partial charge in [-0.05, 0) is 17.2 Å². The highest BCUT2D eigenvalue weighted by Crippen LogP contribution is 2.08. The van der Waals surface area contributed by atoms with E-state index in [9.17, 15) is 4.79 Å². The van der Waals surface area contributed by atoms with Gasteiger partial charge in [-0.1, -0.05) is 12.7 Å². The van der Waals surface area contributed by atoms with Crippen molar-refractivity contribution in [2.75, 3.05) is 0 Å². The molecule has 12 heavy (non-hydrogen) atoms. The number of hydrogen-bond acceptors (Lipinski definition) is 2. The molecule has 0 bridgehead atoms. The molecule has 0 aromatic carbocycles. The van der Waals surface area contributed by atoms with Gasteiger partial charge in [-0.2, -0.15) is 0 Å². The molecule has 0 atom stereocenters. The lowest BCUT2D eigenvalue weighted by molar-refractivity contribution is -0.136. The topological polar surface area (TPSA) is 50.2 Å². The Labute approximate surface area is 70.4 Å². The molecule has 1 rings (SSSR count). The van der Waals surface area contributed by atoms with Crippen LogP contribution < -0.4 is 0 Å². The second-order valence-corrected chi connectivity index (χ2v) is 2.35. The third-order valence-electron chi connectivity index (χ3n) is 1.51. The van der Waals surface area contributed by atoms with E-state index >= 15 is 0 Å². The average Bonchev–Trinajstić information content (AvgIpc) is 2.04. The van der Waals surface area contributed by atoms with Gasteiger partial charge in [-0.15, -0.1) is 0 Å². The minimum atomic E-state index is -0.843. The monoisotopic (exact) mass is 163 g/mol. The summed E-state index contributed by atoms with van der Waals surface area (Å²) >= 11 is 0. The lowest BCUT2D eigenvalue weighted by Gasteiger charge is -2.00. The lowest BCUT2D eigenvalue weighted by Crippen LogP contribution is -2.01. The van der Waals surface area contributed by atoms with Crippen LogP contribution in [0.3, 0.4) is 0 Å². The number of pyridine rings is 1. The Hall–Kier alpha value is -1.64. The van der Waals surface area contributed by atoms with Crippen molar-refractivity contribution >= 4 is 12.0 Å². The summed E-state index contributed by atoms with van der Waals surface area (Å²) in [6.45, 7) is 3.57. The highest BCUT2D eigenvalue weighted by molar-refractivity contribution is 5.72. The largest absolute Gasteiger partial charge is 0.481 e. The summed E-state index contributed by atoms with van der Waals surface area (Å²) in [7, 11) is 0. The van der Waals surface area contributed by atoms with Crippen molar-refractivity contribution in [2.24, 2.45) is 0 Å². The summed E-state index contributed by atoms with van der Waals surface area (Å²) in [5.74, 6) is -0.843. The number of carboxylic acid groups (broad SMARTS) is 1. The summed E-state index contributed by atoms with van der Waals surface area (Å²) in [5, 5.41) is 8.53. The Kier molecular flexibility index (Phi) is 2.58. The van der Waals surface area contributed by atoms with E-state index in [4.69, 9.17) is 5.11 Å². The van der Waals surface area contributed by atoms with Crippen molar-refractivity contribution < 1.29 is 9.90 Å². The van der Waals surface area contributed by atoms with E-state index in [1.165, 1.54) is 0 Å². The molecular weight excluding hydrogens is 154 g/mol. The third-order valence-corrected chi connectivity index (χ3v) is 1.51. The molecule has 0 aliphatic rings. The Balaban J connectivity index is 2.96. The van der Waals surface area contributed by atoms with E-state index in [1.54, 1.807) is 24.5 Å². The average molecular weight is 163 g/mol. The van der Waals surface area contributed by atoms with Gasteiger partial charge in [0.25, 0.3) is 0 Å². The molecule has 0 aliphatic carbocycles. The van der Waals surface area contributed by atoms with E-state index in [1.807, 2.05) is 0 Å². The number of carbonyl (C=O) groups is 1. The van der Waals surface area contributed by atoms with Crippen LogP contribution in [0.5, 0.6) is 0 Å². The van der Waals surface area contributed by atoms with Crippen molar-refractivity contribution in [1.29, 1.82) is 0 Å². The van der Waals surface area contributed by atoms with Gasteiger partial charge >= 0.3 is 5.97 Å². The minimum absolute atomic E-state index is 0.0177. The molecule has 3 nitrogen and oxygen atoms in total. The number of nitrogens with zero attached hydrogens (tertiary/aromatic N) is 1. The summed E-state index contributed by atoms with van der Waals surface area (Å²) < 4.78 is 0. The summed E-state index contributed by atoms with van der Waals surface area (Å²) in [6.07, 6.45) is 4.80. The first kappa shape index (κ1) is 8.46. The van der Waals surface area contributed by atoms with Gasteiger partial charge in [0.05, 0.1) is 6.42 Å². The fourth-order valence-electron chi connectivity index (χ4n) is 0.943. The van der Waals surface area contributed by atoms with Crippen molar-refractivity contribution in [1.82, 2.24) is 4.98 Å². The number of carboxylic acids is 1. The standard InChI is InChI=1S/C9H9NO2/c1-2-7-6-10-4-3-8(7)5-9(11)12/h2-4,6H,1,5H2,(H,11,12). The first-order chi connectivity index (χ1) is 5.74. The zero-order valence-corrected chi connectivity index (χ0v) is 6.53. The van der Waals surface area contributed by atoms with E-state index in [-0.39, 0.29) is 6.42 Å². The third kappa shape index (κ3) is 1.92. The van der Waals surface area contributed by atoms with Crippen LogP contribution in [0.1, 0.15) is 11.1 Å². The van der Waals surface area contributed by atoms with Crippen LogP contribution >= 0.6 is 0 Å². The van der Waals surface area contributed by atoms with Crippen LogP contribution in [0.15, 0.2) is 25.0 Å². The smallest absolute Gasteiger partial charge is 0.307 e. The Morgan fingerprint density at radius 2 is 2.50 bits per heavy atom. The highest BCUT2D eigenvalue weighted by Gasteiger charge is 2.03. The lowest BCUT2D eigenvalue weighted by atomic mass is 10.1. The second kappa shape index (κ2) is 3.67. The summed E-state index contributed by atoms with van der Waals surface area (Å²) in [6, 6.07) is 1.69. The molecule has 1 N–H and O–H groups in total. The number of rotatable bonds is 3. The fourth-order valence-corrected chi connectivity index (χ4v) is 0.943. The number of aromatic nitrogens is 1. The highest BCUT2D eigenvalue weighted by atomic mass is 16.4. The van der Waals surface area contributed by atoms with Gasteiger partial charge in [-0.3, -0.25) is 9.78 Å². The van der Waals surface area contributed by atoms with Crippen LogP contribution in [0.25, 0.3) is 6.08 Å². The van der Waals surface area contributed by atoms with Gasteiger partial charge in [0.2, 0.25) is 0 Å². The molecule has 0 radical (unpaired) electrons. The molecule has 0 unspecified atom stereocenters. The molecule has 1 heterocycles. The van der Waals surface area contributed by atoms with Crippen LogP contribution in [0, 0.1) is 0 Å². The van der Waals surface area contributed by atoms with Crippen molar-refractivity contribution in [3.8, 4) is 0 Å². The zero-order valence-electron chi connectivity index (χ0n) is 6.53. The summed E-state index contributed by atoms with van der Waals surface area (Å²) in [4.78, 5) is 14.2. The maximum Gasteiger partial charge on any atom is 0.307 e. The first-order valence-corrected chi connectivity index (χ1v) is 3.51. The second-order valence-electron chi connectivity index (χ2n) is 2.35. The molecule has 0 saturated carbocycles. The van der Waals surface area contributed by atoms with E-state index < -0.39 is 5.97 Å². The molecule has 0 fully saturated rings. The quantitative estimate of drug-likeness (QED) is 0.731. The Morgan fingerprint density at radius 1 is 1.75 bits per heavy atom. The first-order valence-electron chi connectivity index (χ1n) is 3.51. The molecule has 0 spiro atoms. The van der Waals surface area contributed by atoms with Gasteiger partial charge < -0.3 is 5.11 Å². The van der Waals surface area contributed by atoms with Crippen molar-refractivity contribution in [3.05, 3.63) is 36.2 Å². The summed E-state index contributed by atoms with van der Waals surface area (Å²) in [5.41, 5.74) is 1.52. The van der Waals surface area contributed by atoms with E-state index in [2.05, 4.69) is 11.6 Å². The molecular formula is C9H9NO2. The minimum Gasteiger partial charge on any atom is -0.481 e. The van der Waals surface area contributed by atoms with E-state index in [0.29, 0.717) is 0 Å². The van der Waals surface area contributed by atoms with Crippen LogP contribution in [0.2, 0.25) is 0 Å². The normalized spacial score (nSPS) is 9.33. The number of hydrogen-bond donors (Lipinski definition) is 1.